The Kier molecular flexibility index (Phi) is 10.2. The van der Waals surface area contributed by atoms with Crippen LogP contribution < -0.4 is 5.32 Å². The molecule has 1 unspecified atom stereocenters. The number of hydrogen-bond donors (Lipinski definition) is 1. The van der Waals surface area contributed by atoms with Crippen LogP contribution in [0.4, 0.5) is 26.3 Å². The second kappa shape index (κ2) is 12.9. The first kappa shape index (κ1) is 33.1. The summed E-state index contributed by atoms with van der Waals surface area (Å²) in [6.45, 7) is -1.39. The Labute approximate surface area is 245 Å². The van der Waals surface area contributed by atoms with Crippen molar-refractivity contribution in [3.8, 4) is 0 Å². The fraction of sp³-hybridized carbons (Fsp3) is 0.385. The molecule has 0 aromatic heterocycles. The molecule has 0 saturated heterocycles. The van der Waals surface area contributed by atoms with E-state index < -0.39 is 55.2 Å². The Bertz CT molecular complexity index is 1380. The quantitative estimate of drug-likeness (QED) is 0.361. The molecule has 2 aromatic rings. The van der Waals surface area contributed by atoms with E-state index in [1.165, 1.54) is 38.3 Å². The number of nitrogens with one attached hydrogen (secondary N) is 1. The van der Waals surface area contributed by atoms with Crippen molar-refractivity contribution >= 4 is 46.6 Å². The largest absolute Gasteiger partial charge is 0.435 e. The Morgan fingerprint density at radius 1 is 1.07 bits per heavy atom. The number of imide groups is 1. The highest BCUT2D eigenvalue weighted by Crippen LogP contribution is 2.49. The summed E-state index contributed by atoms with van der Waals surface area (Å²) >= 11 is 11.8. The summed E-state index contributed by atoms with van der Waals surface area (Å²) in [5, 5.41) is 5.15. The zero-order valence-electron chi connectivity index (χ0n) is 22.0. The van der Waals surface area contributed by atoms with Crippen LogP contribution in [0.15, 0.2) is 41.6 Å². The number of oxime groups is 1. The average molecular weight is 642 g/mol. The van der Waals surface area contributed by atoms with Crippen LogP contribution >= 0.6 is 23.2 Å². The van der Waals surface area contributed by atoms with E-state index in [0.29, 0.717) is 4.90 Å². The van der Waals surface area contributed by atoms with Gasteiger partial charge in [-0.25, -0.2) is 0 Å². The van der Waals surface area contributed by atoms with E-state index in [-0.39, 0.29) is 51.0 Å². The van der Waals surface area contributed by atoms with Crippen molar-refractivity contribution in [3.63, 3.8) is 0 Å². The molecule has 1 N–H and O–H groups in total. The molecule has 0 aliphatic carbocycles. The molecule has 2 aromatic carbocycles. The van der Waals surface area contributed by atoms with E-state index >= 15 is 0 Å². The highest BCUT2D eigenvalue weighted by molar-refractivity contribution is 6.34. The Morgan fingerprint density at radius 2 is 1.71 bits per heavy atom. The molecule has 0 radical (unpaired) electrons. The van der Waals surface area contributed by atoms with E-state index in [2.05, 4.69) is 5.16 Å². The van der Waals surface area contributed by atoms with Crippen molar-refractivity contribution in [2.24, 2.45) is 5.16 Å². The van der Waals surface area contributed by atoms with Crippen LogP contribution in [-0.4, -0.2) is 67.5 Å². The summed E-state index contributed by atoms with van der Waals surface area (Å²) in [5.74, 6) is -3.14. The van der Waals surface area contributed by atoms with E-state index in [9.17, 15) is 40.7 Å². The third-order valence-electron chi connectivity index (χ3n) is 6.16. The summed E-state index contributed by atoms with van der Waals surface area (Å²) in [6.07, 6.45) is -10.8. The van der Waals surface area contributed by atoms with Crippen LogP contribution in [0.5, 0.6) is 0 Å². The van der Waals surface area contributed by atoms with Crippen LogP contribution in [0.25, 0.3) is 0 Å². The topological polar surface area (TPSA) is 97.3 Å². The fourth-order valence-corrected chi connectivity index (χ4v) is 4.60. The van der Waals surface area contributed by atoms with E-state index in [0.717, 1.165) is 12.1 Å². The van der Waals surface area contributed by atoms with Gasteiger partial charge in [-0.3, -0.25) is 19.3 Å². The first-order valence-corrected chi connectivity index (χ1v) is 12.8. The molecule has 0 bridgehead atoms. The van der Waals surface area contributed by atoms with Gasteiger partial charge in [-0.1, -0.05) is 34.4 Å². The van der Waals surface area contributed by atoms with Crippen LogP contribution in [0, 0.1) is 6.92 Å². The molecule has 8 nitrogen and oxygen atoms in total. The first-order chi connectivity index (χ1) is 19.5. The number of ether oxygens (including phenoxy) is 1. The predicted molar refractivity (Wildman–Crippen MR) is 139 cm³/mol. The Morgan fingerprint density at radius 3 is 2.26 bits per heavy atom. The Balaban J connectivity index is 1.88. The lowest BCUT2D eigenvalue weighted by Crippen LogP contribution is -2.46. The van der Waals surface area contributed by atoms with Crippen molar-refractivity contribution in [2.75, 3.05) is 26.8 Å². The third kappa shape index (κ3) is 7.72. The van der Waals surface area contributed by atoms with Crippen molar-refractivity contribution in [1.29, 1.82) is 0 Å². The molecule has 16 heteroatoms. The molecular formula is C26H23Cl2F6N3O5. The van der Waals surface area contributed by atoms with Crippen molar-refractivity contribution in [1.82, 2.24) is 10.2 Å². The number of hydrogen-bond acceptors (Lipinski definition) is 6. The van der Waals surface area contributed by atoms with Crippen molar-refractivity contribution in [2.45, 2.75) is 37.7 Å². The van der Waals surface area contributed by atoms with Gasteiger partial charge in [0.05, 0.1) is 18.7 Å². The molecular weight excluding hydrogens is 619 g/mol. The number of amides is 3. The minimum atomic E-state index is -4.94. The predicted octanol–water partition coefficient (Wildman–Crippen LogP) is 5.57. The maximum absolute atomic E-state index is 14.3. The first-order valence-electron chi connectivity index (χ1n) is 12.0. The monoisotopic (exact) mass is 641 g/mol. The SMILES string of the molecule is COCCC(=O)N(CC(=O)NCC(F)(F)F)C(=O)c1ccc(C2=NOC(c3cc(Cl)cc(Cl)c3)(C(F)(F)F)C2)cc1C. The van der Waals surface area contributed by atoms with Gasteiger partial charge in [0.25, 0.3) is 11.5 Å². The Hall–Kier alpha value is -3.36. The second-order valence-corrected chi connectivity index (χ2v) is 10.1. The fourth-order valence-electron chi connectivity index (χ4n) is 4.07. The standard InChI is InChI=1S/C26H23Cl2F6N3O5/c1-14-7-15(20-11-24(42-36-20,26(32,33)34)16-8-17(27)10-18(28)9-16)3-4-19(14)23(40)37(22(39)5-6-41-2)12-21(38)35-13-25(29,30)31/h3-4,7-10H,5-6,11-13H2,1-2H3,(H,35,38). The molecule has 0 saturated carbocycles. The molecule has 0 spiro atoms. The minimum absolute atomic E-state index is 0.0476. The summed E-state index contributed by atoms with van der Waals surface area (Å²) in [7, 11) is 1.28. The number of alkyl halides is 6. The highest BCUT2D eigenvalue weighted by atomic mass is 35.5. The van der Waals surface area contributed by atoms with Gasteiger partial charge in [0.1, 0.15) is 13.1 Å². The number of benzene rings is 2. The molecule has 228 valence electrons. The summed E-state index contributed by atoms with van der Waals surface area (Å²) in [4.78, 5) is 43.5. The van der Waals surface area contributed by atoms with E-state index in [1.54, 1.807) is 5.32 Å². The number of aryl methyl sites for hydroxylation is 1. The molecule has 1 atom stereocenters. The molecule has 1 heterocycles. The van der Waals surface area contributed by atoms with Crippen molar-refractivity contribution < 1.29 is 50.3 Å². The van der Waals surface area contributed by atoms with Crippen LogP contribution in [0.3, 0.4) is 0 Å². The van der Waals surface area contributed by atoms with Gasteiger partial charge in [0.15, 0.2) is 0 Å². The van der Waals surface area contributed by atoms with Crippen LogP contribution in [0.1, 0.15) is 39.9 Å². The molecule has 1 aliphatic heterocycles. The van der Waals surface area contributed by atoms with Gasteiger partial charge in [0.2, 0.25) is 11.8 Å². The van der Waals surface area contributed by atoms with Gasteiger partial charge < -0.3 is 14.9 Å². The molecule has 42 heavy (non-hydrogen) atoms. The normalized spacial score (nSPS) is 17.0. The van der Waals surface area contributed by atoms with E-state index in [1.807, 2.05) is 0 Å². The van der Waals surface area contributed by atoms with Gasteiger partial charge in [-0.2, -0.15) is 26.3 Å². The number of rotatable bonds is 9. The number of halogens is 8. The lowest BCUT2D eigenvalue weighted by Gasteiger charge is -2.29. The van der Waals surface area contributed by atoms with Gasteiger partial charge in [0, 0.05) is 34.7 Å². The zero-order chi connectivity index (χ0) is 31.5. The number of carbonyl (C=O) groups excluding carboxylic acids is 3. The van der Waals surface area contributed by atoms with Gasteiger partial charge in [-0.15, -0.1) is 0 Å². The maximum atomic E-state index is 14.3. The number of nitrogens with zero attached hydrogens (tertiary/aromatic N) is 2. The summed E-state index contributed by atoms with van der Waals surface area (Å²) in [5.41, 5.74) is -3.18. The highest BCUT2D eigenvalue weighted by Gasteiger charge is 2.62. The van der Waals surface area contributed by atoms with Crippen molar-refractivity contribution in [3.05, 3.63) is 68.7 Å². The lowest BCUT2D eigenvalue weighted by molar-refractivity contribution is -0.275. The molecule has 1 aliphatic rings. The van der Waals surface area contributed by atoms with Gasteiger partial charge in [-0.05, 0) is 48.4 Å². The molecule has 0 fully saturated rings. The third-order valence-corrected chi connectivity index (χ3v) is 6.60. The maximum Gasteiger partial charge on any atom is 0.435 e. The second-order valence-electron chi connectivity index (χ2n) is 9.24. The zero-order valence-corrected chi connectivity index (χ0v) is 23.5. The molecule has 3 amide bonds. The van der Waals surface area contributed by atoms with E-state index in [4.69, 9.17) is 32.8 Å². The summed E-state index contributed by atoms with van der Waals surface area (Å²) < 4.78 is 85.2. The van der Waals surface area contributed by atoms with Crippen LogP contribution in [-0.2, 0) is 24.8 Å². The molecule has 3 rings (SSSR count). The average Bonchev–Trinajstić information content (AvgIpc) is 3.35. The minimum Gasteiger partial charge on any atom is -0.384 e. The smallest absolute Gasteiger partial charge is 0.384 e. The van der Waals surface area contributed by atoms with Gasteiger partial charge >= 0.3 is 12.4 Å². The summed E-state index contributed by atoms with van der Waals surface area (Å²) in [6, 6.07) is 7.17. The lowest BCUT2D eigenvalue weighted by atomic mass is 9.86. The van der Waals surface area contributed by atoms with Crippen LogP contribution in [0.2, 0.25) is 10.0 Å². The number of methoxy groups -OCH3 is 1. The number of carbonyl (C=O) groups is 3.